The molecule has 0 unspecified atom stereocenters. The summed E-state index contributed by atoms with van der Waals surface area (Å²) in [5.41, 5.74) is 1.10. The Labute approximate surface area is 135 Å². The van der Waals surface area contributed by atoms with E-state index < -0.39 is 5.82 Å². The molecule has 6 heteroatoms. The van der Waals surface area contributed by atoms with E-state index in [2.05, 4.69) is 4.98 Å². The van der Waals surface area contributed by atoms with Crippen molar-refractivity contribution in [3.8, 4) is 5.69 Å². The number of nitrogens with zero attached hydrogens (tertiary/aromatic N) is 1. The van der Waals surface area contributed by atoms with Crippen molar-refractivity contribution in [2.24, 2.45) is 0 Å². The van der Waals surface area contributed by atoms with E-state index in [4.69, 9.17) is 12.2 Å². The molecule has 112 valence electrons. The fourth-order valence-electron chi connectivity index (χ4n) is 3.09. The molecule has 0 spiro atoms. The highest BCUT2D eigenvalue weighted by molar-refractivity contribution is 7.71. The lowest BCUT2D eigenvalue weighted by Crippen LogP contribution is -2.22. The Morgan fingerprint density at radius 2 is 2.00 bits per heavy atom. The lowest BCUT2D eigenvalue weighted by Gasteiger charge is -2.11. The third-order valence-electron chi connectivity index (χ3n) is 4.11. The summed E-state index contributed by atoms with van der Waals surface area (Å²) in [7, 11) is 0. The van der Waals surface area contributed by atoms with Crippen LogP contribution < -0.4 is 5.56 Å². The zero-order valence-corrected chi connectivity index (χ0v) is 13.3. The Morgan fingerprint density at radius 3 is 2.82 bits per heavy atom. The molecule has 3 aromatic rings. The van der Waals surface area contributed by atoms with Crippen molar-refractivity contribution >= 4 is 33.8 Å². The molecule has 0 saturated carbocycles. The van der Waals surface area contributed by atoms with Gasteiger partial charge >= 0.3 is 0 Å². The first-order valence-corrected chi connectivity index (χ1v) is 8.44. The van der Waals surface area contributed by atoms with Gasteiger partial charge < -0.3 is 4.98 Å². The minimum atomic E-state index is -0.451. The number of aryl methyl sites for hydroxylation is 2. The smallest absolute Gasteiger partial charge is 0.268 e. The van der Waals surface area contributed by atoms with Gasteiger partial charge in [-0.1, -0.05) is 12.1 Å². The van der Waals surface area contributed by atoms with Crippen molar-refractivity contribution in [3.63, 3.8) is 0 Å². The number of thiophene rings is 1. The second-order valence-corrected chi connectivity index (χ2v) is 6.93. The van der Waals surface area contributed by atoms with Gasteiger partial charge in [0.25, 0.3) is 5.56 Å². The summed E-state index contributed by atoms with van der Waals surface area (Å²) in [6.07, 6.45) is 4.16. The molecule has 2 heterocycles. The predicted molar refractivity (Wildman–Crippen MR) is 89.2 cm³/mol. The number of rotatable bonds is 1. The summed E-state index contributed by atoms with van der Waals surface area (Å²) in [6, 6.07) is 6.21. The maximum atomic E-state index is 14.1. The van der Waals surface area contributed by atoms with Crippen LogP contribution in [0.5, 0.6) is 0 Å². The van der Waals surface area contributed by atoms with E-state index >= 15 is 0 Å². The van der Waals surface area contributed by atoms with Crippen LogP contribution in [0, 0.1) is 10.6 Å². The second-order valence-electron chi connectivity index (χ2n) is 5.44. The Hall–Kier alpha value is -1.79. The third-order valence-corrected chi connectivity index (χ3v) is 5.60. The van der Waals surface area contributed by atoms with E-state index in [0.717, 1.165) is 36.1 Å². The Kier molecular flexibility index (Phi) is 3.23. The molecule has 0 atom stereocenters. The molecular weight excluding hydrogens is 319 g/mol. The van der Waals surface area contributed by atoms with Crippen molar-refractivity contribution in [2.75, 3.05) is 0 Å². The third kappa shape index (κ3) is 1.98. The molecular formula is C16H13FN2OS2. The van der Waals surface area contributed by atoms with Crippen LogP contribution in [0.1, 0.15) is 23.3 Å². The maximum absolute atomic E-state index is 14.1. The molecule has 0 bridgehead atoms. The summed E-state index contributed by atoms with van der Waals surface area (Å²) in [6.45, 7) is 0. The van der Waals surface area contributed by atoms with E-state index in [1.807, 2.05) is 0 Å². The first-order chi connectivity index (χ1) is 10.7. The first-order valence-electron chi connectivity index (χ1n) is 7.21. The number of halogens is 1. The molecule has 2 aromatic heterocycles. The van der Waals surface area contributed by atoms with E-state index in [1.54, 1.807) is 29.5 Å². The quantitative estimate of drug-likeness (QED) is 0.681. The fourth-order valence-corrected chi connectivity index (χ4v) is 4.72. The SMILES string of the molecule is O=c1c2c3c(sc2[nH]c(=S)n1-c1ccccc1F)CCCC3. The predicted octanol–water partition coefficient (Wildman–Crippen LogP) is 4.13. The van der Waals surface area contributed by atoms with Crippen molar-refractivity contribution in [2.45, 2.75) is 25.7 Å². The molecule has 0 aliphatic heterocycles. The first kappa shape index (κ1) is 13.8. The van der Waals surface area contributed by atoms with Crippen molar-refractivity contribution in [1.29, 1.82) is 0 Å². The zero-order valence-electron chi connectivity index (χ0n) is 11.7. The van der Waals surface area contributed by atoms with E-state index in [-0.39, 0.29) is 16.0 Å². The minimum Gasteiger partial charge on any atom is -0.323 e. The number of H-pyrrole nitrogens is 1. The molecule has 0 amide bonds. The van der Waals surface area contributed by atoms with Crippen LogP contribution in [-0.2, 0) is 12.8 Å². The van der Waals surface area contributed by atoms with Crippen LogP contribution in [0.4, 0.5) is 4.39 Å². The van der Waals surface area contributed by atoms with E-state index in [0.29, 0.717) is 5.39 Å². The number of para-hydroxylation sites is 1. The highest BCUT2D eigenvalue weighted by Crippen LogP contribution is 2.33. The molecule has 22 heavy (non-hydrogen) atoms. The Morgan fingerprint density at radius 1 is 1.23 bits per heavy atom. The number of fused-ring (bicyclic) bond motifs is 3. The number of nitrogens with one attached hydrogen (secondary N) is 1. The number of aromatic amines is 1. The van der Waals surface area contributed by atoms with Gasteiger partial charge in [-0.2, -0.15) is 0 Å². The van der Waals surface area contributed by atoms with E-state index in [9.17, 15) is 9.18 Å². The molecule has 1 N–H and O–H groups in total. The average molecular weight is 332 g/mol. The fraction of sp³-hybridized carbons (Fsp3) is 0.250. The van der Waals surface area contributed by atoms with Gasteiger partial charge in [-0.25, -0.2) is 8.96 Å². The summed E-state index contributed by atoms with van der Waals surface area (Å²) in [5, 5.41) is 0.677. The Balaban J connectivity index is 2.11. The van der Waals surface area contributed by atoms with Gasteiger partial charge in [0.05, 0.1) is 11.1 Å². The second kappa shape index (κ2) is 5.14. The number of hydrogen-bond donors (Lipinski definition) is 1. The summed E-state index contributed by atoms with van der Waals surface area (Å²) in [5.74, 6) is -0.451. The van der Waals surface area contributed by atoms with Crippen LogP contribution in [0.15, 0.2) is 29.1 Å². The van der Waals surface area contributed by atoms with Gasteiger partial charge in [0.15, 0.2) is 4.77 Å². The molecule has 1 aromatic carbocycles. The highest BCUT2D eigenvalue weighted by Gasteiger charge is 2.21. The lowest BCUT2D eigenvalue weighted by atomic mass is 9.97. The standard InChI is InChI=1S/C16H13FN2OS2/c17-10-6-2-3-7-11(10)19-15(20)13-9-5-1-4-8-12(9)22-14(13)18-16(19)21/h2-3,6-7H,1,4-5,8H2,(H,18,21). The Bertz CT molecular complexity index is 1000. The largest absolute Gasteiger partial charge is 0.323 e. The molecule has 1 aliphatic rings. The lowest BCUT2D eigenvalue weighted by molar-refractivity contribution is 0.615. The monoisotopic (exact) mass is 332 g/mol. The normalized spacial score (nSPS) is 14.2. The topological polar surface area (TPSA) is 37.8 Å². The average Bonchev–Trinajstić information content (AvgIpc) is 2.87. The molecule has 3 nitrogen and oxygen atoms in total. The van der Waals surface area contributed by atoms with Gasteiger partial charge in [0.1, 0.15) is 10.6 Å². The van der Waals surface area contributed by atoms with Crippen molar-refractivity contribution in [1.82, 2.24) is 9.55 Å². The van der Waals surface area contributed by atoms with Crippen LogP contribution in [0.2, 0.25) is 0 Å². The van der Waals surface area contributed by atoms with Crippen LogP contribution in [0.25, 0.3) is 15.9 Å². The molecule has 1 aliphatic carbocycles. The minimum absolute atomic E-state index is 0.200. The van der Waals surface area contributed by atoms with E-state index in [1.165, 1.54) is 15.5 Å². The van der Waals surface area contributed by atoms with Gasteiger partial charge in [0, 0.05) is 4.88 Å². The molecule has 0 fully saturated rings. The number of hydrogen-bond acceptors (Lipinski definition) is 3. The van der Waals surface area contributed by atoms with Gasteiger partial charge in [-0.05, 0) is 55.6 Å². The van der Waals surface area contributed by atoms with Crippen LogP contribution >= 0.6 is 23.6 Å². The summed E-state index contributed by atoms with van der Waals surface area (Å²) in [4.78, 5) is 18.1. The highest BCUT2D eigenvalue weighted by atomic mass is 32.1. The summed E-state index contributed by atoms with van der Waals surface area (Å²) >= 11 is 6.90. The van der Waals surface area contributed by atoms with Crippen molar-refractivity contribution in [3.05, 3.63) is 55.6 Å². The zero-order chi connectivity index (χ0) is 15.3. The molecule has 0 saturated heterocycles. The number of benzene rings is 1. The summed E-state index contributed by atoms with van der Waals surface area (Å²) < 4.78 is 15.6. The number of aromatic nitrogens is 2. The maximum Gasteiger partial charge on any atom is 0.268 e. The van der Waals surface area contributed by atoms with Gasteiger partial charge in [-0.15, -0.1) is 11.3 Å². The van der Waals surface area contributed by atoms with Crippen molar-refractivity contribution < 1.29 is 4.39 Å². The van der Waals surface area contributed by atoms with Gasteiger partial charge in [-0.3, -0.25) is 4.79 Å². The van der Waals surface area contributed by atoms with Crippen LogP contribution in [-0.4, -0.2) is 9.55 Å². The van der Waals surface area contributed by atoms with Gasteiger partial charge in [0.2, 0.25) is 0 Å². The molecule has 4 rings (SSSR count). The molecule has 0 radical (unpaired) electrons. The van der Waals surface area contributed by atoms with Crippen LogP contribution in [0.3, 0.4) is 0 Å².